The van der Waals surface area contributed by atoms with Crippen molar-refractivity contribution in [1.29, 1.82) is 0 Å². The quantitative estimate of drug-likeness (QED) is 0.697. The van der Waals surface area contributed by atoms with Crippen LogP contribution in [0.5, 0.6) is 0 Å². The van der Waals surface area contributed by atoms with E-state index in [1.807, 2.05) is 20.8 Å². The molecule has 3 heteroatoms. The van der Waals surface area contributed by atoms with Gasteiger partial charge in [-0.3, -0.25) is 4.79 Å². The molecule has 0 unspecified atom stereocenters. The number of carbonyl (C=O) groups is 1. The SMILES string of the molecule is CC.CCC.CCCOC(=O)CN. The number of carbonyl (C=O) groups excluding carboxylic acids is 1. The van der Waals surface area contributed by atoms with Crippen LogP contribution in [0.3, 0.4) is 0 Å². The lowest BCUT2D eigenvalue weighted by molar-refractivity contribution is -0.141. The number of ether oxygens (including phenoxy) is 1. The fourth-order valence-corrected chi connectivity index (χ4v) is 0.275. The van der Waals surface area contributed by atoms with Crippen molar-refractivity contribution < 1.29 is 9.53 Å². The highest BCUT2D eigenvalue weighted by atomic mass is 16.5. The molecule has 0 heterocycles. The maximum Gasteiger partial charge on any atom is 0.319 e. The molecule has 0 aromatic heterocycles. The van der Waals surface area contributed by atoms with Crippen LogP contribution in [0.25, 0.3) is 0 Å². The molecule has 0 fully saturated rings. The van der Waals surface area contributed by atoms with Crippen molar-refractivity contribution >= 4 is 5.97 Å². The topological polar surface area (TPSA) is 52.3 Å². The first kappa shape index (κ1) is 18.3. The minimum Gasteiger partial charge on any atom is -0.465 e. The van der Waals surface area contributed by atoms with Gasteiger partial charge in [0.25, 0.3) is 0 Å². The molecule has 0 amide bonds. The summed E-state index contributed by atoms with van der Waals surface area (Å²) in [5.74, 6) is -0.327. The summed E-state index contributed by atoms with van der Waals surface area (Å²) in [6.07, 6.45) is 2.10. The van der Waals surface area contributed by atoms with E-state index in [1.54, 1.807) is 0 Å². The molecule has 13 heavy (non-hydrogen) atoms. The zero-order valence-electron chi connectivity index (χ0n) is 9.72. The van der Waals surface area contributed by atoms with E-state index < -0.39 is 0 Å². The van der Waals surface area contributed by atoms with Crippen LogP contribution in [0.15, 0.2) is 0 Å². The minimum atomic E-state index is -0.327. The van der Waals surface area contributed by atoms with Crippen LogP contribution in [-0.4, -0.2) is 19.1 Å². The third-order valence-electron chi connectivity index (χ3n) is 0.634. The summed E-state index contributed by atoms with van der Waals surface area (Å²) in [5.41, 5.74) is 4.94. The molecule has 0 aromatic rings. The lowest BCUT2D eigenvalue weighted by Gasteiger charge is -1.97. The third kappa shape index (κ3) is 34.5. The molecule has 0 aliphatic rings. The Morgan fingerprint density at radius 1 is 1.23 bits per heavy atom. The van der Waals surface area contributed by atoms with Crippen molar-refractivity contribution in [2.45, 2.75) is 47.5 Å². The number of esters is 1. The first-order valence-electron chi connectivity index (χ1n) is 5.08. The van der Waals surface area contributed by atoms with Crippen molar-refractivity contribution in [2.24, 2.45) is 5.73 Å². The lowest BCUT2D eigenvalue weighted by atomic mass is 10.5. The highest BCUT2D eigenvalue weighted by molar-refractivity contribution is 5.71. The van der Waals surface area contributed by atoms with E-state index in [2.05, 4.69) is 18.6 Å². The van der Waals surface area contributed by atoms with Crippen molar-refractivity contribution in [3.05, 3.63) is 0 Å². The number of rotatable bonds is 3. The van der Waals surface area contributed by atoms with Crippen LogP contribution in [0, 0.1) is 0 Å². The highest BCUT2D eigenvalue weighted by Gasteiger charge is 1.93. The Balaban J connectivity index is -0.000000169. The number of hydrogen-bond donors (Lipinski definition) is 1. The van der Waals surface area contributed by atoms with E-state index in [-0.39, 0.29) is 12.5 Å². The summed E-state index contributed by atoms with van der Waals surface area (Å²) in [6.45, 7) is 10.7. The molecule has 0 radical (unpaired) electrons. The van der Waals surface area contributed by atoms with E-state index >= 15 is 0 Å². The molecule has 0 atom stereocenters. The molecule has 82 valence electrons. The van der Waals surface area contributed by atoms with Crippen molar-refractivity contribution in [1.82, 2.24) is 0 Å². The Bertz CT molecular complexity index is 85.0. The molecular weight excluding hydrogens is 166 g/mol. The number of nitrogens with two attached hydrogens (primary N) is 1. The first-order valence-corrected chi connectivity index (χ1v) is 5.08. The average molecular weight is 191 g/mol. The Labute approximate surface area is 82.7 Å². The van der Waals surface area contributed by atoms with E-state index in [1.165, 1.54) is 6.42 Å². The van der Waals surface area contributed by atoms with Gasteiger partial charge in [0.1, 0.15) is 0 Å². The Morgan fingerprint density at radius 2 is 1.62 bits per heavy atom. The fraction of sp³-hybridized carbons (Fsp3) is 0.900. The van der Waals surface area contributed by atoms with Gasteiger partial charge in [-0.25, -0.2) is 0 Å². The fourth-order valence-electron chi connectivity index (χ4n) is 0.275. The molecule has 0 aliphatic heterocycles. The molecule has 0 aliphatic carbocycles. The van der Waals surface area contributed by atoms with Crippen molar-refractivity contribution in [2.75, 3.05) is 13.2 Å². The molecule has 0 aromatic carbocycles. The van der Waals surface area contributed by atoms with Crippen LogP contribution in [0.4, 0.5) is 0 Å². The average Bonchev–Trinajstić information content (AvgIpc) is 2.18. The second-order valence-electron chi connectivity index (χ2n) is 2.13. The van der Waals surface area contributed by atoms with Gasteiger partial charge in [-0.15, -0.1) is 0 Å². The van der Waals surface area contributed by atoms with Gasteiger partial charge in [-0.2, -0.15) is 0 Å². The Hall–Kier alpha value is -0.570. The minimum absolute atomic E-state index is 0.0139. The summed E-state index contributed by atoms with van der Waals surface area (Å²) in [5, 5.41) is 0. The maximum atomic E-state index is 10.2. The standard InChI is InChI=1S/C5H11NO2.C3H8.C2H6/c1-2-3-8-5(7)4-6;1-3-2;1-2/h2-4,6H2,1H3;3H2,1-2H3;1-2H3. The van der Waals surface area contributed by atoms with Gasteiger partial charge >= 0.3 is 5.97 Å². The Kier molecular flexibility index (Phi) is 31.6. The Morgan fingerprint density at radius 3 is 1.85 bits per heavy atom. The van der Waals surface area contributed by atoms with Crippen LogP contribution in [-0.2, 0) is 9.53 Å². The molecular formula is C10H25NO2. The van der Waals surface area contributed by atoms with Gasteiger partial charge in [-0.05, 0) is 6.42 Å². The van der Waals surface area contributed by atoms with Crippen LogP contribution in [0.1, 0.15) is 47.5 Å². The predicted molar refractivity (Wildman–Crippen MR) is 57.6 cm³/mol. The van der Waals surface area contributed by atoms with Crippen molar-refractivity contribution in [3.63, 3.8) is 0 Å². The summed E-state index contributed by atoms with van der Waals surface area (Å²) < 4.78 is 4.58. The summed E-state index contributed by atoms with van der Waals surface area (Å²) in [7, 11) is 0. The largest absolute Gasteiger partial charge is 0.465 e. The van der Waals surface area contributed by atoms with Gasteiger partial charge in [0.15, 0.2) is 0 Å². The van der Waals surface area contributed by atoms with E-state index in [0.29, 0.717) is 6.61 Å². The van der Waals surface area contributed by atoms with E-state index in [9.17, 15) is 4.79 Å². The molecule has 2 N–H and O–H groups in total. The number of hydrogen-bond acceptors (Lipinski definition) is 3. The summed E-state index contributed by atoms with van der Waals surface area (Å²) >= 11 is 0. The molecule has 0 spiro atoms. The smallest absolute Gasteiger partial charge is 0.319 e. The van der Waals surface area contributed by atoms with Gasteiger partial charge in [-0.1, -0.05) is 41.0 Å². The van der Waals surface area contributed by atoms with Gasteiger partial charge in [0, 0.05) is 0 Å². The lowest BCUT2D eigenvalue weighted by Crippen LogP contribution is -2.16. The molecule has 0 saturated carbocycles. The van der Waals surface area contributed by atoms with Crippen molar-refractivity contribution in [3.8, 4) is 0 Å². The second-order valence-corrected chi connectivity index (χ2v) is 2.13. The monoisotopic (exact) mass is 191 g/mol. The third-order valence-corrected chi connectivity index (χ3v) is 0.634. The van der Waals surface area contributed by atoms with E-state index in [4.69, 9.17) is 5.73 Å². The molecule has 0 saturated heterocycles. The molecule has 0 bridgehead atoms. The maximum absolute atomic E-state index is 10.2. The highest BCUT2D eigenvalue weighted by Crippen LogP contribution is 1.78. The second kappa shape index (κ2) is 22.5. The van der Waals surface area contributed by atoms with Crippen LogP contribution in [0.2, 0.25) is 0 Å². The zero-order valence-corrected chi connectivity index (χ0v) is 9.72. The predicted octanol–water partition coefficient (Wildman–Crippen LogP) is 2.34. The van der Waals surface area contributed by atoms with Crippen LogP contribution >= 0.6 is 0 Å². The first-order chi connectivity index (χ1) is 6.22. The van der Waals surface area contributed by atoms with Gasteiger partial charge in [0.05, 0.1) is 13.2 Å². The van der Waals surface area contributed by atoms with Gasteiger partial charge in [0.2, 0.25) is 0 Å². The zero-order chi connectivity index (χ0) is 11.1. The van der Waals surface area contributed by atoms with Crippen LogP contribution < -0.4 is 5.73 Å². The summed E-state index contributed by atoms with van der Waals surface area (Å²) in [4.78, 5) is 10.2. The molecule has 0 rings (SSSR count). The normalized spacial score (nSPS) is 7.23. The van der Waals surface area contributed by atoms with E-state index in [0.717, 1.165) is 6.42 Å². The summed E-state index contributed by atoms with van der Waals surface area (Å²) in [6, 6.07) is 0. The van der Waals surface area contributed by atoms with Gasteiger partial charge < -0.3 is 10.5 Å². The molecule has 3 nitrogen and oxygen atoms in total.